The maximum atomic E-state index is 9.57. The van der Waals surface area contributed by atoms with Crippen molar-refractivity contribution in [1.29, 1.82) is 0 Å². The van der Waals surface area contributed by atoms with Crippen LogP contribution in [0.2, 0.25) is 6.04 Å². The molecule has 0 unspecified atom stereocenters. The lowest BCUT2D eigenvalue weighted by atomic mass is 10.5. The minimum Gasteiger partial charge on any atom is -0.211 e. The average Bonchev–Trinajstić information content (AvgIpc) is 1.89. The minimum absolute atomic E-state index is 0.405. The van der Waals surface area contributed by atoms with Gasteiger partial charge in [-0.15, -0.1) is 0 Å². The summed E-state index contributed by atoms with van der Waals surface area (Å²) in [5, 5.41) is 0. The molecular weight excluding hydrogens is 162 g/mol. The quantitative estimate of drug-likeness (QED) is 0.199. The Kier molecular flexibility index (Phi) is 8.06. The van der Waals surface area contributed by atoms with Crippen molar-refractivity contribution in [2.45, 2.75) is 12.5 Å². The average molecular weight is 175 g/mol. The van der Waals surface area contributed by atoms with E-state index in [1.54, 1.807) is 6.08 Å². The van der Waals surface area contributed by atoms with Gasteiger partial charge in [0.15, 0.2) is 0 Å². The summed E-state index contributed by atoms with van der Waals surface area (Å²) in [6.07, 6.45) is 2.70. The van der Waals surface area contributed by atoms with Crippen LogP contribution < -0.4 is 0 Å². The molecule has 0 aromatic rings. The third-order valence-electron chi connectivity index (χ3n) is 1.19. The van der Waals surface area contributed by atoms with E-state index < -0.39 is 0 Å². The predicted octanol–water partition coefficient (Wildman–Crippen LogP) is -2.34. The Morgan fingerprint density at radius 3 is 3.00 bits per heavy atom. The van der Waals surface area contributed by atoms with Gasteiger partial charge in [0, 0.05) is 9.04 Å². The van der Waals surface area contributed by atoms with E-state index >= 15 is 0 Å². The van der Waals surface area contributed by atoms with E-state index in [4.69, 9.17) is 0 Å². The van der Waals surface area contributed by atoms with E-state index in [1.165, 1.54) is 15.8 Å². The number of rotatable bonds is 5. The second kappa shape index (κ2) is 8.03. The molecule has 0 rings (SSSR count). The molecule has 2 nitrogen and oxygen atoms in total. The fraction of sp³-hybridized carbons (Fsp3) is 0.750. The fourth-order valence-electron chi connectivity index (χ4n) is 0.663. The van der Waals surface area contributed by atoms with E-state index in [2.05, 4.69) is 4.99 Å². The van der Waals surface area contributed by atoms with Gasteiger partial charge in [0.05, 0.1) is 6.54 Å². The highest BCUT2D eigenvalue weighted by Crippen LogP contribution is 1.86. The maximum absolute atomic E-state index is 9.57. The summed E-state index contributed by atoms with van der Waals surface area (Å²) < 4.78 is 0. The number of aliphatic imine (C=N–C) groups is 1. The van der Waals surface area contributed by atoms with Crippen LogP contribution in [0.5, 0.6) is 0 Å². The molecule has 0 aromatic heterocycles. The summed E-state index contributed by atoms with van der Waals surface area (Å²) in [6, 6.07) is 1.42. The molecule has 0 atom stereocenters. The summed E-state index contributed by atoms with van der Waals surface area (Å²) in [5.74, 6) is 0. The lowest BCUT2D eigenvalue weighted by Gasteiger charge is -1.89. The van der Waals surface area contributed by atoms with E-state index in [-0.39, 0.29) is 0 Å². The van der Waals surface area contributed by atoms with Gasteiger partial charge < -0.3 is 0 Å². The monoisotopic (exact) mass is 175 g/mol. The van der Waals surface area contributed by atoms with Crippen LogP contribution in [0.3, 0.4) is 0 Å². The second-order valence-corrected chi connectivity index (χ2v) is 18.6. The van der Waals surface area contributed by atoms with Crippen molar-refractivity contribution in [2.24, 2.45) is 4.99 Å². The molecule has 0 radical (unpaired) electrons. The number of nitrogens with zero attached hydrogens (tertiary/aromatic N) is 1. The molecule has 0 N–H and O–H groups in total. The smallest absolute Gasteiger partial charge is 0.211 e. The molecule has 0 aliphatic carbocycles. The highest BCUT2D eigenvalue weighted by Gasteiger charge is 1.84. The number of hydrogen-bond donors (Lipinski definition) is 0. The maximum Gasteiger partial charge on any atom is 0.234 e. The summed E-state index contributed by atoms with van der Waals surface area (Å²) in [5.41, 5.74) is 0. The molecule has 0 bridgehead atoms. The Hall–Kier alpha value is 0.0306. The van der Waals surface area contributed by atoms with Gasteiger partial charge in [-0.25, -0.2) is 9.79 Å². The van der Waals surface area contributed by atoms with Crippen molar-refractivity contribution in [3.05, 3.63) is 0 Å². The molecule has 0 amide bonds. The second-order valence-electron chi connectivity index (χ2n) is 2.03. The zero-order chi connectivity index (χ0) is 6.95. The first-order valence-corrected chi connectivity index (χ1v) is 14.1. The molecule has 9 heavy (non-hydrogen) atoms. The number of isocyanates is 1. The highest BCUT2D eigenvalue weighted by molar-refractivity contribution is 7.23. The van der Waals surface area contributed by atoms with Gasteiger partial charge >= 0.3 is 0 Å². The van der Waals surface area contributed by atoms with Crippen molar-refractivity contribution < 1.29 is 4.79 Å². The molecule has 0 aromatic carbocycles. The molecule has 0 saturated heterocycles. The third kappa shape index (κ3) is 8.03. The van der Waals surface area contributed by atoms with E-state index in [1.807, 2.05) is 0 Å². The van der Waals surface area contributed by atoms with Crippen molar-refractivity contribution in [1.82, 2.24) is 0 Å². The summed E-state index contributed by atoms with van der Waals surface area (Å²) in [7, 11) is 2.42. The Morgan fingerprint density at radius 2 is 2.44 bits per heavy atom. The Balaban J connectivity index is 2.82. The van der Waals surface area contributed by atoms with Gasteiger partial charge in [0.25, 0.3) is 0 Å². The van der Waals surface area contributed by atoms with Crippen LogP contribution in [0.4, 0.5) is 0 Å². The first-order valence-electron chi connectivity index (χ1n) is 3.45. The fourth-order valence-corrected chi connectivity index (χ4v) is 8.80. The normalized spacial score (nSPS) is 11.6. The largest absolute Gasteiger partial charge is 0.234 e. The van der Waals surface area contributed by atoms with Crippen LogP contribution in [-0.2, 0) is 4.79 Å². The molecule has 0 heterocycles. The standard InChI is InChI=1S/C4H13NOSi3/c6-4-5-2-1-3-8-9-7/h1-3,8-9H2,7H3. The molecule has 52 valence electrons. The predicted molar refractivity (Wildman–Crippen MR) is 49.4 cm³/mol. The minimum atomic E-state index is 0.405. The van der Waals surface area contributed by atoms with Crippen LogP contribution in [0.25, 0.3) is 0 Å². The molecular formula is C4H13NOSi3. The summed E-state index contributed by atoms with van der Waals surface area (Å²) in [6.45, 7) is 0.729. The van der Waals surface area contributed by atoms with Crippen molar-refractivity contribution >= 4 is 33.4 Å². The Bertz CT molecular complexity index is 102. The van der Waals surface area contributed by atoms with Gasteiger partial charge in [-0.3, -0.25) is 0 Å². The van der Waals surface area contributed by atoms with E-state index in [0.29, 0.717) is 17.6 Å². The van der Waals surface area contributed by atoms with Gasteiger partial charge in [-0.05, 0) is 24.7 Å². The Labute approximate surface area is 62.8 Å². The van der Waals surface area contributed by atoms with Gasteiger partial charge in [-0.1, -0.05) is 6.04 Å². The van der Waals surface area contributed by atoms with Crippen molar-refractivity contribution in [2.75, 3.05) is 6.54 Å². The van der Waals surface area contributed by atoms with E-state index in [0.717, 1.165) is 13.0 Å². The van der Waals surface area contributed by atoms with Crippen LogP contribution in [0, 0.1) is 0 Å². The topological polar surface area (TPSA) is 29.4 Å². The molecule has 0 aliphatic rings. The first kappa shape index (κ1) is 9.03. The molecule has 0 fully saturated rings. The molecule has 0 spiro atoms. The lowest BCUT2D eigenvalue weighted by Crippen LogP contribution is -2.02. The zero-order valence-electron chi connectivity index (χ0n) is 5.89. The van der Waals surface area contributed by atoms with Crippen LogP contribution in [0.15, 0.2) is 4.99 Å². The van der Waals surface area contributed by atoms with Gasteiger partial charge in [0.2, 0.25) is 6.08 Å². The summed E-state index contributed by atoms with van der Waals surface area (Å²) in [4.78, 5) is 13.1. The van der Waals surface area contributed by atoms with Crippen LogP contribution in [0.1, 0.15) is 6.42 Å². The van der Waals surface area contributed by atoms with Crippen molar-refractivity contribution in [3.8, 4) is 0 Å². The third-order valence-corrected chi connectivity index (χ3v) is 12.9. The number of carbonyl (C=O) groups excluding carboxylic acids is 1. The lowest BCUT2D eigenvalue weighted by molar-refractivity contribution is 0.562. The van der Waals surface area contributed by atoms with Crippen molar-refractivity contribution in [3.63, 3.8) is 0 Å². The summed E-state index contributed by atoms with van der Waals surface area (Å²) >= 11 is 0. The zero-order valence-corrected chi connectivity index (χ0v) is 10.7. The molecule has 5 heteroatoms. The first-order chi connectivity index (χ1) is 4.41. The van der Waals surface area contributed by atoms with E-state index in [9.17, 15) is 4.79 Å². The SMILES string of the molecule is O=C=NCCC[SiH2][SiH2][SiH3]. The van der Waals surface area contributed by atoms with Gasteiger partial charge in [-0.2, -0.15) is 0 Å². The molecule has 0 saturated carbocycles. The van der Waals surface area contributed by atoms with Crippen LogP contribution >= 0.6 is 0 Å². The Morgan fingerprint density at radius 1 is 1.67 bits per heavy atom. The highest BCUT2D eigenvalue weighted by atomic mass is 29.5. The van der Waals surface area contributed by atoms with Crippen LogP contribution in [-0.4, -0.2) is 40.0 Å². The number of hydrogen-bond acceptors (Lipinski definition) is 2. The van der Waals surface area contributed by atoms with Gasteiger partial charge in [0.1, 0.15) is 0 Å². The molecule has 0 aliphatic heterocycles.